The molecule has 0 aliphatic carbocycles. The van der Waals surface area contributed by atoms with Gasteiger partial charge in [0.15, 0.2) is 0 Å². The molecular formula is C28H29NO4S. The van der Waals surface area contributed by atoms with Crippen molar-refractivity contribution in [3.63, 3.8) is 0 Å². The van der Waals surface area contributed by atoms with Gasteiger partial charge in [-0.3, -0.25) is 0 Å². The van der Waals surface area contributed by atoms with Crippen molar-refractivity contribution in [2.75, 3.05) is 7.11 Å². The minimum atomic E-state index is -3.93. The highest BCUT2D eigenvalue weighted by atomic mass is 32.2. The molecule has 0 spiro atoms. The molecule has 5 nitrogen and oxygen atoms in total. The van der Waals surface area contributed by atoms with Crippen molar-refractivity contribution in [3.8, 4) is 11.5 Å². The zero-order valence-electron chi connectivity index (χ0n) is 19.4. The van der Waals surface area contributed by atoms with Gasteiger partial charge in [0.25, 0.3) is 0 Å². The second-order valence-electron chi connectivity index (χ2n) is 8.45. The summed E-state index contributed by atoms with van der Waals surface area (Å²) >= 11 is 0. The van der Waals surface area contributed by atoms with E-state index >= 15 is 0 Å². The standard InChI is InChI=1S/C28H29NO4S/c1-20(2)26(28-25-11-7-8-12-27(25)33-34(30,31)29-28)19-23(14-13-21-9-5-4-6-10-21)22-15-17-24(32-3)18-16-22/h4-12,15-19,26,28-29H,1,13-14H2,2-3H3/b23-19+/t26-,28-/m1/s1. The monoisotopic (exact) mass is 475 g/mol. The number of hydrogen-bond acceptors (Lipinski definition) is 4. The molecule has 0 radical (unpaired) electrons. The minimum absolute atomic E-state index is 0.271. The van der Waals surface area contributed by atoms with Crippen molar-refractivity contribution in [2.45, 2.75) is 25.8 Å². The van der Waals surface area contributed by atoms with E-state index in [1.54, 1.807) is 19.2 Å². The van der Waals surface area contributed by atoms with E-state index in [1.165, 1.54) is 5.56 Å². The Morgan fingerprint density at radius 2 is 1.74 bits per heavy atom. The first-order chi connectivity index (χ1) is 16.4. The molecule has 3 aromatic rings. The molecule has 34 heavy (non-hydrogen) atoms. The average Bonchev–Trinajstić information content (AvgIpc) is 2.84. The Morgan fingerprint density at radius 1 is 1.06 bits per heavy atom. The lowest BCUT2D eigenvalue weighted by atomic mass is 9.84. The van der Waals surface area contributed by atoms with E-state index in [2.05, 4.69) is 29.5 Å². The van der Waals surface area contributed by atoms with Crippen LogP contribution in [0.15, 0.2) is 97.1 Å². The fraction of sp³-hybridized carbons (Fsp3) is 0.214. The lowest BCUT2D eigenvalue weighted by Crippen LogP contribution is -2.40. The molecule has 0 aromatic heterocycles. The van der Waals surface area contributed by atoms with Crippen LogP contribution in [0.4, 0.5) is 0 Å². The van der Waals surface area contributed by atoms with E-state index in [1.807, 2.05) is 61.5 Å². The van der Waals surface area contributed by atoms with E-state index in [4.69, 9.17) is 8.92 Å². The van der Waals surface area contributed by atoms with Gasteiger partial charge < -0.3 is 8.92 Å². The zero-order valence-corrected chi connectivity index (χ0v) is 20.2. The van der Waals surface area contributed by atoms with Crippen LogP contribution in [-0.4, -0.2) is 15.5 Å². The molecule has 0 bridgehead atoms. The molecule has 0 amide bonds. The van der Waals surface area contributed by atoms with Crippen LogP contribution in [0.3, 0.4) is 0 Å². The highest BCUT2D eigenvalue weighted by molar-refractivity contribution is 7.85. The highest BCUT2D eigenvalue weighted by Gasteiger charge is 2.35. The summed E-state index contributed by atoms with van der Waals surface area (Å²) in [6.07, 6.45) is 3.79. The molecule has 0 saturated heterocycles. The summed E-state index contributed by atoms with van der Waals surface area (Å²) in [6, 6.07) is 25.0. The van der Waals surface area contributed by atoms with Gasteiger partial charge in [-0.15, -0.1) is 0 Å². The second kappa shape index (κ2) is 10.3. The first-order valence-electron chi connectivity index (χ1n) is 11.2. The summed E-state index contributed by atoms with van der Waals surface area (Å²) in [5.41, 5.74) is 5.06. The lowest BCUT2D eigenvalue weighted by Gasteiger charge is -2.32. The van der Waals surface area contributed by atoms with Gasteiger partial charge in [-0.1, -0.05) is 78.9 Å². The first-order valence-corrected chi connectivity index (χ1v) is 12.6. The number of benzene rings is 3. The van der Waals surface area contributed by atoms with Crippen LogP contribution in [0.5, 0.6) is 11.5 Å². The van der Waals surface area contributed by atoms with Gasteiger partial charge in [-0.25, -0.2) is 0 Å². The molecule has 1 heterocycles. The Bertz CT molecular complexity index is 1280. The minimum Gasteiger partial charge on any atom is -0.497 e. The number of ether oxygens (including phenoxy) is 1. The van der Waals surface area contributed by atoms with E-state index < -0.39 is 16.3 Å². The van der Waals surface area contributed by atoms with Gasteiger partial charge in [0.05, 0.1) is 13.2 Å². The summed E-state index contributed by atoms with van der Waals surface area (Å²) in [6.45, 7) is 6.13. The van der Waals surface area contributed by atoms with Crippen LogP contribution in [-0.2, 0) is 16.7 Å². The van der Waals surface area contributed by atoms with Crippen molar-refractivity contribution in [1.29, 1.82) is 0 Å². The first kappa shape index (κ1) is 23.8. The number of para-hydroxylation sites is 1. The third-order valence-electron chi connectivity index (χ3n) is 6.02. The molecule has 4 rings (SSSR count). The molecular weight excluding hydrogens is 446 g/mol. The highest BCUT2D eigenvalue weighted by Crippen LogP contribution is 2.40. The Hall–Kier alpha value is -3.35. The van der Waals surface area contributed by atoms with Crippen molar-refractivity contribution < 1.29 is 17.3 Å². The predicted molar refractivity (Wildman–Crippen MR) is 136 cm³/mol. The number of nitrogens with one attached hydrogen (secondary N) is 1. The summed E-state index contributed by atoms with van der Waals surface area (Å²) in [7, 11) is -2.28. The number of aryl methyl sites for hydroxylation is 1. The van der Waals surface area contributed by atoms with Gasteiger partial charge in [0.1, 0.15) is 11.5 Å². The normalized spacial score (nSPS) is 17.8. The Labute approximate surface area is 202 Å². The average molecular weight is 476 g/mol. The summed E-state index contributed by atoms with van der Waals surface area (Å²) in [4.78, 5) is 0. The second-order valence-corrected chi connectivity index (χ2v) is 9.76. The van der Waals surface area contributed by atoms with E-state index in [0.29, 0.717) is 5.75 Å². The molecule has 1 aliphatic heterocycles. The fourth-order valence-electron chi connectivity index (χ4n) is 4.23. The molecule has 0 unspecified atom stereocenters. The zero-order chi connectivity index (χ0) is 24.1. The summed E-state index contributed by atoms with van der Waals surface area (Å²) in [5.74, 6) is 0.864. The van der Waals surface area contributed by atoms with Gasteiger partial charge in [-0.05, 0) is 54.7 Å². The predicted octanol–water partition coefficient (Wildman–Crippen LogP) is 5.87. The molecule has 1 aliphatic rings. The quantitative estimate of drug-likeness (QED) is 0.414. The third kappa shape index (κ3) is 5.58. The van der Waals surface area contributed by atoms with Crippen LogP contribution in [0, 0.1) is 5.92 Å². The van der Waals surface area contributed by atoms with Crippen LogP contribution < -0.4 is 13.6 Å². The van der Waals surface area contributed by atoms with Gasteiger partial charge in [-0.2, -0.15) is 13.1 Å². The molecule has 0 fully saturated rings. The molecule has 176 valence electrons. The van der Waals surface area contributed by atoms with Gasteiger partial charge >= 0.3 is 10.3 Å². The Balaban J connectivity index is 1.75. The SMILES string of the molecule is C=C(C)[C@@H](/C=C(\CCc1ccccc1)c1ccc(OC)cc1)[C@@H]1NS(=O)(=O)Oc2ccccc21. The largest absolute Gasteiger partial charge is 0.497 e. The van der Waals surface area contributed by atoms with Crippen molar-refractivity contribution in [2.24, 2.45) is 5.92 Å². The fourth-order valence-corrected chi connectivity index (χ4v) is 5.25. The van der Waals surface area contributed by atoms with Gasteiger partial charge in [0.2, 0.25) is 0 Å². The molecule has 1 N–H and O–H groups in total. The number of methoxy groups -OCH3 is 1. The number of hydrogen-bond donors (Lipinski definition) is 1. The number of rotatable bonds is 8. The van der Waals surface area contributed by atoms with E-state index in [0.717, 1.165) is 40.9 Å². The maximum absolute atomic E-state index is 12.5. The van der Waals surface area contributed by atoms with Crippen molar-refractivity contribution >= 4 is 15.9 Å². The third-order valence-corrected chi connectivity index (χ3v) is 6.96. The lowest BCUT2D eigenvalue weighted by molar-refractivity contribution is 0.407. The van der Waals surface area contributed by atoms with Crippen LogP contribution in [0.25, 0.3) is 5.57 Å². The van der Waals surface area contributed by atoms with Crippen molar-refractivity contribution in [1.82, 2.24) is 4.72 Å². The molecule has 0 saturated carbocycles. The maximum Gasteiger partial charge on any atom is 0.383 e. The Kier molecular flexibility index (Phi) is 7.20. The van der Waals surface area contributed by atoms with Gasteiger partial charge in [0, 0.05) is 11.5 Å². The number of allylic oxidation sites excluding steroid dienone is 1. The molecule has 6 heteroatoms. The molecule has 3 aromatic carbocycles. The smallest absolute Gasteiger partial charge is 0.383 e. The van der Waals surface area contributed by atoms with E-state index in [9.17, 15) is 8.42 Å². The summed E-state index contributed by atoms with van der Waals surface area (Å²) < 4.78 is 38.2. The van der Waals surface area contributed by atoms with Crippen LogP contribution in [0.1, 0.15) is 36.1 Å². The topological polar surface area (TPSA) is 64.6 Å². The van der Waals surface area contributed by atoms with Crippen LogP contribution in [0.2, 0.25) is 0 Å². The number of fused-ring (bicyclic) bond motifs is 1. The molecule has 2 atom stereocenters. The Morgan fingerprint density at radius 3 is 2.41 bits per heavy atom. The van der Waals surface area contributed by atoms with Crippen molar-refractivity contribution in [3.05, 3.63) is 114 Å². The van der Waals surface area contributed by atoms with Crippen LogP contribution >= 0.6 is 0 Å². The summed E-state index contributed by atoms with van der Waals surface area (Å²) in [5, 5.41) is 0. The van der Waals surface area contributed by atoms with E-state index in [-0.39, 0.29) is 5.92 Å². The maximum atomic E-state index is 12.5.